The lowest BCUT2D eigenvalue weighted by Crippen LogP contribution is -2.68. The topological polar surface area (TPSA) is 92.6 Å². The maximum absolute atomic E-state index is 12.8. The van der Waals surface area contributed by atoms with Gasteiger partial charge in [0.2, 0.25) is 5.91 Å². The summed E-state index contributed by atoms with van der Waals surface area (Å²) in [6.07, 6.45) is -0.991. The van der Waals surface area contributed by atoms with E-state index in [4.69, 9.17) is 4.74 Å². The number of ether oxygens (including phenoxy) is 1. The van der Waals surface area contributed by atoms with Crippen molar-refractivity contribution in [1.29, 1.82) is 0 Å². The normalized spacial score (nSPS) is 28.6. The number of urea groups is 1. The zero-order chi connectivity index (χ0) is 21.1. The Labute approximate surface area is 170 Å². The molecule has 1 N–H and O–H groups in total. The third kappa shape index (κ3) is 3.50. The maximum Gasteiger partial charge on any atom is 0.453 e. The van der Waals surface area contributed by atoms with E-state index in [1.54, 1.807) is 4.90 Å². The molecule has 4 heterocycles. The molecule has 0 unspecified atom stereocenters. The molecule has 4 aliphatic rings. The molecule has 164 valence electrons. The number of alkyl halides is 3. The van der Waals surface area contributed by atoms with Gasteiger partial charge in [-0.2, -0.15) is 13.2 Å². The monoisotopic (exact) mass is 428 g/mol. The molecule has 3 amide bonds. The Hall–Kier alpha value is -2.37. The van der Waals surface area contributed by atoms with Crippen LogP contribution in [0.25, 0.3) is 0 Å². The number of carbonyl (C=O) groups excluding carboxylic acids is 2. The minimum atomic E-state index is -4.53. The Balaban J connectivity index is 1.08. The summed E-state index contributed by atoms with van der Waals surface area (Å²) in [6, 6.07) is -0.176. The van der Waals surface area contributed by atoms with E-state index in [9.17, 15) is 22.8 Å². The summed E-state index contributed by atoms with van der Waals surface area (Å²) < 4.78 is 44.6. The lowest BCUT2D eigenvalue weighted by atomic mass is 9.58. The van der Waals surface area contributed by atoms with E-state index in [1.165, 1.54) is 4.68 Å². The molecule has 4 fully saturated rings. The van der Waals surface area contributed by atoms with Crippen LogP contribution in [-0.2, 0) is 22.3 Å². The number of fused-ring (bicyclic) bond motifs is 1. The van der Waals surface area contributed by atoms with E-state index in [2.05, 4.69) is 15.4 Å². The molecular formula is C18H23F3N6O3. The van der Waals surface area contributed by atoms with Crippen molar-refractivity contribution in [2.45, 2.75) is 44.1 Å². The second-order valence-electron chi connectivity index (χ2n) is 8.96. The Kier molecular flexibility index (Phi) is 4.46. The molecule has 30 heavy (non-hydrogen) atoms. The highest BCUT2D eigenvalue weighted by Crippen LogP contribution is 2.52. The predicted octanol–water partition coefficient (Wildman–Crippen LogP) is 0.718. The van der Waals surface area contributed by atoms with Crippen molar-refractivity contribution >= 4 is 11.9 Å². The molecule has 0 radical (unpaired) electrons. The highest BCUT2D eigenvalue weighted by molar-refractivity contribution is 5.79. The van der Waals surface area contributed by atoms with Crippen LogP contribution in [0.1, 0.15) is 25.1 Å². The number of morpholine rings is 1. The number of hydrogen-bond acceptors (Lipinski definition) is 5. The van der Waals surface area contributed by atoms with Crippen molar-refractivity contribution in [1.82, 2.24) is 29.9 Å². The van der Waals surface area contributed by atoms with E-state index >= 15 is 0 Å². The van der Waals surface area contributed by atoms with Crippen LogP contribution in [0.2, 0.25) is 0 Å². The maximum atomic E-state index is 12.8. The van der Waals surface area contributed by atoms with Gasteiger partial charge in [0, 0.05) is 38.1 Å². The van der Waals surface area contributed by atoms with Gasteiger partial charge < -0.3 is 19.9 Å². The summed E-state index contributed by atoms with van der Waals surface area (Å²) in [5, 5.41) is 6.40. The number of amides is 3. The first kappa shape index (κ1) is 19.6. The molecule has 9 nitrogen and oxygen atoms in total. The number of likely N-dealkylation sites (tertiary alicyclic amines) is 2. The average Bonchev–Trinajstić information content (AvgIpc) is 3.10. The van der Waals surface area contributed by atoms with Crippen molar-refractivity contribution in [3.05, 3.63) is 12.2 Å². The van der Waals surface area contributed by atoms with E-state index < -0.39 is 12.0 Å². The van der Waals surface area contributed by atoms with Crippen LogP contribution in [0.4, 0.5) is 18.0 Å². The molecule has 3 saturated heterocycles. The molecule has 12 heteroatoms. The SMILES string of the molecule is O=C1CO[C@@H]2CCN(C(=O)N3CC4(CC(Cn5cnc(C(F)(F)F)n5)C4)C3)C[C@@H]2N1. The summed E-state index contributed by atoms with van der Waals surface area (Å²) in [5.74, 6) is -1.01. The van der Waals surface area contributed by atoms with Crippen LogP contribution in [0.3, 0.4) is 0 Å². The lowest BCUT2D eigenvalue weighted by Gasteiger charge is -2.59. The zero-order valence-corrected chi connectivity index (χ0v) is 16.3. The van der Waals surface area contributed by atoms with Crippen molar-refractivity contribution in [2.75, 3.05) is 32.8 Å². The van der Waals surface area contributed by atoms with Crippen LogP contribution in [0, 0.1) is 11.3 Å². The number of hydrogen-bond donors (Lipinski definition) is 1. The number of rotatable bonds is 2. The van der Waals surface area contributed by atoms with Gasteiger partial charge in [0.15, 0.2) is 0 Å². The molecule has 2 atom stereocenters. The van der Waals surface area contributed by atoms with Crippen LogP contribution in [0.15, 0.2) is 6.33 Å². The minimum Gasteiger partial charge on any atom is -0.366 e. The van der Waals surface area contributed by atoms with E-state index in [0.29, 0.717) is 39.1 Å². The highest BCUT2D eigenvalue weighted by atomic mass is 19.4. The lowest BCUT2D eigenvalue weighted by molar-refractivity contribution is -0.145. The molecule has 0 bridgehead atoms. The first-order valence-electron chi connectivity index (χ1n) is 10.1. The first-order chi connectivity index (χ1) is 14.2. The molecule has 3 aliphatic heterocycles. The minimum absolute atomic E-state index is 0.0200. The number of nitrogens with one attached hydrogen (secondary N) is 1. The average molecular weight is 428 g/mol. The van der Waals surface area contributed by atoms with Crippen LogP contribution >= 0.6 is 0 Å². The zero-order valence-electron chi connectivity index (χ0n) is 16.3. The Morgan fingerprint density at radius 2 is 2.07 bits per heavy atom. The molecule has 1 aliphatic carbocycles. The Morgan fingerprint density at radius 3 is 2.77 bits per heavy atom. The van der Waals surface area contributed by atoms with Crippen LogP contribution < -0.4 is 5.32 Å². The number of aromatic nitrogens is 3. The van der Waals surface area contributed by atoms with Gasteiger partial charge in [-0.25, -0.2) is 9.78 Å². The second kappa shape index (κ2) is 6.82. The van der Waals surface area contributed by atoms with Crippen molar-refractivity contribution in [3.8, 4) is 0 Å². The summed E-state index contributed by atoms with van der Waals surface area (Å²) in [5.41, 5.74) is 0.0776. The molecule has 1 aromatic heterocycles. The third-order valence-electron chi connectivity index (χ3n) is 6.60. The van der Waals surface area contributed by atoms with E-state index in [0.717, 1.165) is 19.2 Å². The largest absolute Gasteiger partial charge is 0.453 e. The van der Waals surface area contributed by atoms with Gasteiger partial charge in [-0.05, 0) is 25.2 Å². The summed E-state index contributed by atoms with van der Waals surface area (Å²) in [7, 11) is 0. The Bertz CT molecular complexity index is 844. The highest BCUT2D eigenvalue weighted by Gasteiger charge is 2.54. The van der Waals surface area contributed by atoms with E-state index in [-0.39, 0.29) is 42.0 Å². The van der Waals surface area contributed by atoms with Gasteiger partial charge in [0.1, 0.15) is 12.9 Å². The molecule has 1 spiro atoms. The van der Waals surface area contributed by atoms with Gasteiger partial charge in [0.25, 0.3) is 5.82 Å². The Morgan fingerprint density at radius 1 is 1.30 bits per heavy atom. The van der Waals surface area contributed by atoms with Crippen LogP contribution in [0.5, 0.6) is 0 Å². The predicted molar refractivity (Wildman–Crippen MR) is 95.0 cm³/mol. The van der Waals surface area contributed by atoms with Crippen LogP contribution in [-0.4, -0.2) is 81.4 Å². The van der Waals surface area contributed by atoms with Gasteiger partial charge >= 0.3 is 12.2 Å². The third-order valence-corrected chi connectivity index (χ3v) is 6.60. The smallest absolute Gasteiger partial charge is 0.366 e. The van der Waals surface area contributed by atoms with E-state index in [1.807, 2.05) is 4.90 Å². The fraction of sp³-hybridized carbons (Fsp3) is 0.778. The van der Waals surface area contributed by atoms with Gasteiger partial charge in [-0.3, -0.25) is 9.48 Å². The molecule has 0 aromatic carbocycles. The fourth-order valence-corrected chi connectivity index (χ4v) is 5.30. The van der Waals surface area contributed by atoms with Gasteiger partial charge in [-0.15, -0.1) is 5.10 Å². The number of carbonyl (C=O) groups is 2. The molecule has 1 saturated carbocycles. The molecule has 5 rings (SSSR count). The second-order valence-corrected chi connectivity index (χ2v) is 8.96. The van der Waals surface area contributed by atoms with Crippen molar-refractivity contribution in [3.63, 3.8) is 0 Å². The van der Waals surface area contributed by atoms with Gasteiger partial charge in [-0.1, -0.05) is 0 Å². The number of piperidine rings is 1. The fourth-order valence-electron chi connectivity index (χ4n) is 5.30. The molecular weight excluding hydrogens is 405 g/mol. The summed E-state index contributed by atoms with van der Waals surface area (Å²) in [6.45, 7) is 2.89. The standard InChI is InChI=1S/C18H23F3N6O3/c19-18(20,21)15-22-10-27(24-15)5-11-3-17(4-11)8-26(9-17)16(29)25-2-1-13-12(6-25)23-14(28)7-30-13/h10-13H,1-9H2,(H,23,28)/t12-,13+/m0/s1. The first-order valence-corrected chi connectivity index (χ1v) is 10.1. The van der Waals surface area contributed by atoms with Crippen molar-refractivity contribution in [2.24, 2.45) is 11.3 Å². The number of nitrogens with zero attached hydrogens (tertiary/aromatic N) is 5. The van der Waals surface area contributed by atoms with Crippen molar-refractivity contribution < 1.29 is 27.5 Å². The summed E-state index contributed by atoms with van der Waals surface area (Å²) >= 11 is 0. The number of halogens is 3. The quantitative estimate of drug-likeness (QED) is 0.750. The van der Waals surface area contributed by atoms with Gasteiger partial charge in [0.05, 0.1) is 12.1 Å². The summed E-state index contributed by atoms with van der Waals surface area (Å²) in [4.78, 5) is 31.2. The molecule has 1 aromatic rings.